The normalized spacial score (nSPS) is 11.4. The molecule has 0 saturated carbocycles. The van der Waals surface area contributed by atoms with E-state index in [4.69, 9.17) is 9.84 Å². The summed E-state index contributed by atoms with van der Waals surface area (Å²) >= 11 is 1.61. The first-order chi connectivity index (χ1) is 9.78. The van der Waals surface area contributed by atoms with Crippen LogP contribution in [0.3, 0.4) is 0 Å². The lowest BCUT2D eigenvalue weighted by Gasteiger charge is -2.20. The van der Waals surface area contributed by atoms with E-state index in [1.165, 1.54) is 0 Å². The molecule has 0 unspecified atom stereocenters. The highest BCUT2D eigenvalue weighted by Crippen LogP contribution is 2.24. The van der Waals surface area contributed by atoms with Gasteiger partial charge in [-0.1, -0.05) is 0 Å². The molecule has 0 spiro atoms. The van der Waals surface area contributed by atoms with Crippen LogP contribution in [-0.4, -0.2) is 60.4 Å². The van der Waals surface area contributed by atoms with Crippen LogP contribution in [0, 0.1) is 0 Å². The van der Waals surface area contributed by atoms with Crippen molar-refractivity contribution in [2.45, 2.75) is 6.54 Å². The maximum atomic E-state index is 9.12. The van der Waals surface area contributed by atoms with E-state index in [0.29, 0.717) is 19.7 Å². The van der Waals surface area contributed by atoms with Gasteiger partial charge in [-0.25, -0.2) is 9.97 Å². The fourth-order valence-electron chi connectivity index (χ4n) is 1.99. The molecule has 0 atom stereocenters. The van der Waals surface area contributed by atoms with Crippen LogP contribution >= 0.6 is 11.3 Å². The SMILES string of the molecule is CNc1nc(CN(CCO)CCOC)nc2sccc12. The lowest BCUT2D eigenvalue weighted by atomic mass is 10.3. The zero-order valence-electron chi connectivity index (χ0n) is 11.8. The number of nitrogens with one attached hydrogen (secondary N) is 1. The van der Waals surface area contributed by atoms with Gasteiger partial charge in [-0.3, -0.25) is 4.90 Å². The Morgan fingerprint density at radius 1 is 1.40 bits per heavy atom. The van der Waals surface area contributed by atoms with Gasteiger partial charge < -0.3 is 15.2 Å². The lowest BCUT2D eigenvalue weighted by molar-refractivity contribution is 0.125. The topological polar surface area (TPSA) is 70.5 Å². The number of methoxy groups -OCH3 is 1. The number of nitrogens with zero attached hydrogens (tertiary/aromatic N) is 3. The van der Waals surface area contributed by atoms with Crippen LogP contribution in [-0.2, 0) is 11.3 Å². The fraction of sp³-hybridized carbons (Fsp3) is 0.538. The van der Waals surface area contributed by atoms with Crippen LogP contribution in [0.5, 0.6) is 0 Å². The van der Waals surface area contributed by atoms with Gasteiger partial charge in [0.05, 0.1) is 25.1 Å². The highest BCUT2D eigenvalue weighted by Gasteiger charge is 2.11. The minimum Gasteiger partial charge on any atom is -0.395 e. The maximum Gasteiger partial charge on any atom is 0.146 e. The molecule has 0 aliphatic heterocycles. The van der Waals surface area contributed by atoms with Gasteiger partial charge in [-0.05, 0) is 11.4 Å². The standard InChI is InChI=1S/C13H20N4O2S/c1-14-12-10-3-8-20-13(10)16-11(15-12)9-17(4-6-18)5-7-19-2/h3,8,18H,4-7,9H2,1-2H3,(H,14,15,16). The second kappa shape index (κ2) is 7.49. The molecule has 0 aliphatic carbocycles. The van der Waals surface area contributed by atoms with Crippen LogP contribution in [0.15, 0.2) is 11.4 Å². The minimum absolute atomic E-state index is 0.115. The summed E-state index contributed by atoms with van der Waals surface area (Å²) in [6, 6.07) is 2.02. The number of aliphatic hydroxyl groups excluding tert-OH is 1. The van der Waals surface area contributed by atoms with Crippen LogP contribution in [0.2, 0.25) is 0 Å². The Balaban J connectivity index is 2.17. The number of fused-ring (bicyclic) bond motifs is 1. The van der Waals surface area contributed by atoms with E-state index in [-0.39, 0.29) is 6.61 Å². The van der Waals surface area contributed by atoms with Gasteiger partial charge in [-0.2, -0.15) is 0 Å². The van der Waals surface area contributed by atoms with Crippen LogP contribution < -0.4 is 5.32 Å². The molecule has 6 nitrogen and oxygen atoms in total. The van der Waals surface area contributed by atoms with Crippen LogP contribution in [0.25, 0.3) is 10.2 Å². The van der Waals surface area contributed by atoms with E-state index in [2.05, 4.69) is 20.2 Å². The van der Waals surface area contributed by atoms with Crippen molar-refractivity contribution in [1.82, 2.24) is 14.9 Å². The number of ether oxygens (including phenoxy) is 1. The summed E-state index contributed by atoms with van der Waals surface area (Å²) in [4.78, 5) is 12.2. The van der Waals surface area contributed by atoms with E-state index in [1.807, 2.05) is 18.5 Å². The molecule has 0 radical (unpaired) electrons. The Morgan fingerprint density at radius 3 is 2.95 bits per heavy atom. The smallest absolute Gasteiger partial charge is 0.146 e. The third kappa shape index (κ3) is 3.63. The Hall–Kier alpha value is -1.28. The molecule has 7 heteroatoms. The molecule has 2 aromatic heterocycles. The molecular formula is C13H20N4O2S. The predicted molar refractivity (Wildman–Crippen MR) is 81.2 cm³/mol. The van der Waals surface area contributed by atoms with Crippen molar-refractivity contribution in [3.63, 3.8) is 0 Å². The highest BCUT2D eigenvalue weighted by molar-refractivity contribution is 7.16. The number of anilines is 1. The van der Waals surface area contributed by atoms with Crippen molar-refractivity contribution in [1.29, 1.82) is 0 Å². The van der Waals surface area contributed by atoms with E-state index in [9.17, 15) is 0 Å². The van der Waals surface area contributed by atoms with Crippen LogP contribution in [0.1, 0.15) is 5.82 Å². The predicted octanol–water partition coefficient (Wildman–Crippen LogP) is 1.17. The van der Waals surface area contributed by atoms with Gasteiger partial charge in [-0.15, -0.1) is 11.3 Å². The van der Waals surface area contributed by atoms with Crippen molar-refractivity contribution in [2.24, 2.45) is 0 Å². The molecule has 0 fully saturated rings. The van der Waals surface area contributed by atoms with Crippen LogP contribution in [0.4, 0.5) is 5.82 Å². The fourth-order valence-corrected chi connectivity index (χ4v) is 2.78. The van der Waals surface area contributed by atoms with E-state index >= 15 is 0 Å². The quantitative estimate of drug-likeness (QED) is 0.762. The molecule has 110 valence electrons. The summed E-state index contributed by atoms with van der Waals surface area (Å²) in [5.41, 5.74) is 0. The number of aliphatic hydroxyl groups is 1. The van der Waals surface area contributed by atoms with Gasteiger partial charge in [0.15, 0.2) is 0 Å². The summed E-state index contributed by atoms with van der Waals surface area (Å²) in [7, 11) is 3.53. The molecular weight excluding hydrogens is 276 g/mol. The molecule has 20 heavy (non-hydrogen) atoms. The van der Waals surface area contributed by atoms with Crippen molar-refractivity contribution >= 4 is 27.4 Å². The number of aromatic nitrogens is 2. The van der Waals surface area contributed by atoms with Gasteiger partial charge in [0, 0.05) is 27.2 Å². The largest absolute Gasteiger partial charge is 0.395 e. The van der Waals surface area contributed by atoms with E-state index < -0.39 is 0 Å². The second-order valence-corrected chi connectivity index (χ2v) is 5.26. The summed E-state index contributed by atoms with van der Waals surface area (Å²) in [5.74, 6) is 1.61. The molecule has 0 amide bonds. The molecule has 2 rings (SSSR count). The summed E-state index contributed by atoms with van der Waals surface area (Å²) in [5, 5.41) is 15.3. The van der Waals surface area contributed by atoms with Crippen molar-refractivity contribution in [2.75, 3.05) is 45.8 Å². The third-order valence-corrected chi connectivity index (χ3v) is 3.81. The second-order valence-electron chi connectivity index (χ2n) is 4.37. The Morgan fingerprint density at radius 2 is 2.25 bits per heavy atom. The first-order valence-corrected chi connectivity index (χ1v) is 7.40. The molecule has 0 saturated heterocycles. The first kappa shape index (κ1) is 15.1. The Kier molecular flexibility index (Phi) is 5.66. The molecule has 0 aromatic carbocycles. The third-order valence-electron chi connectivity index (χ3n) is 3.00. The zero-order chi connectivity index (χ0) is 14.4. The molecule has 0 aliphatic rings. The maximum absolute atomic E-state index is 9.12. The highest BCUT2D eigenvalue weighted by atomic mass is 32.1. The van der Waals surface area contributed by atoms with Gasteiger partial charge in [0.25, 0.3) is 0 Å². The Bertz CT molecular complexity index is 546. The van der Waals surface area contributed by atoms with Crippen molar-refractivity contribution in [3.8, 4) is 0 Å². The van der Waals surface area contributed by atoms with Gasteiger partial charge in [0.2, 0.25) is 0 Å². The van der Waals surface area contributed by atoms with E-state index in [0.717, 1.165) is 28.4 Å². The van der Waals surface area contributed by atoms with Crippen molar-refractivity contribution in [3.05, 3.63) is 17.3 Å². The molecule has 2 heterocycles. The lowest BCUT2D eigenvalue weighted by Crippen LogP contribution is -2.30. The monoisotopic (exact) mass is 296 g/mol. The molecule has 0 bridgehead atoms. The molecule has 2 N–H and O–H groups in total. The minimum atomic E-state index is 0.115. The average molecular weight is 296 g/mol. The number of thiophene rings is 1. The van der Waals surface area contributed by atoms with Crippen molar-refractivity contribution < 1.29 is 9.84 Å². The summed E-state index contributed by atoms with van der Waals surface area (Å²) < 4.78 is 5.08. The Labute approximate surface area is 122 Å². The summed E-state index contributed by atoms with van der Waals surface area (Å²) in [6.07, 6.45) is 0. The molecule has 2 aromatic rings. The average Bonchev–Trinajstić information content (AvgIpc) is 2.92. The number of rotatable bonds is 8. The number of hydrogen-bond acceptors (Lipinski definition) is 7. The van der Waals surface area contributed by atoms with Gasteiger partial charge >= 0.3 is 0 Å². The summed E-state index contributed by atoms with van der Waals surface area (Å²) in [6.45, 7) is 2.68. The first-order valence-electron chi connectivity index (χ1n) is 6.52. The van der Waals surface area contributed by atoms with E-state index in [1.54, 1.807) is 18.4 Å². The number of hydrogen-bond donors (Lipinski definition) is 2. The zero-order valence-corrected chi connectivity index (χ0v) is 12.6. The van der Waals surface area contributed by atoms with Gasteiger partial charge in [0.1, 0.15) is 16.5 Å².